The van der Waals surface area contributed by atoms with E-state index in [0.29, 0.717) is 22.3 Å². The average molecular weight is 607 g/mol. The summed E-state index contributed by atoms with van der Waals surface area (Å²) in [6.45, 7) is 25.8. The van der Waals surface area contributed by atoms with Crippen molar-refractivity contribution >= 4 is 34.5 Å². The zero-order chi connectivity index (χ0) is 31.4. The summed E-state index contributed by atoms with van der Waals surface area (Å²) in [5.41, 5.74) is 2.34. The van der Waals surface area contributed by atoms with Crippen molar-refractivity contribution in [2.75, 3.05) is 0 Å². The number of hydrogen-bond acceptors (Lipinski definition) is 4. The zero-order valence-corrected chi connectivity index (χ0v) is 28.0. The van der Waals surface area contributed by atoms with Gasteiger partial charge in [0.25, 0.3) is 0 Å². The molecule has 0 heterocycles. The van der Waals surface area contributed by atoms with Crippen molar-refractivity contribution in [2.45, 2.75) is 118 Å². The summed E-state index contributed by atoms with van der Waals surface area (Å²) in [7, 11) is -9.94. The van der Waals surface area contributed by atoms with Gasteiger partial charge in [-0.05, 0) is 32.8 Å². The summed E-state index contributed by atoms with van der Waals surface area (Å²) in [6.07, 6.45) is 0. The van der Waals surface area contributed by atoms with E-state index in [-0.39, 0.29) is 41.2 Å². The van der Waals surface area contributed by atoms with Crippen LogP contribution in [0, 0.1) is 0 Å². The number of rotatable bonds is 6. The zero-order valence-electron chi connectivity index (χ0n) is 26.2. The van der Waals surface area contributed by atoms with E-state index in [4.69, 9.17) is 9.05 Å². The predicted octanol–water partition coefficient (Wildman–Crippen LogP) is 7.32. The van der Waals surface area contributed by atoms with Crippen LogP contribution in [0.5, 0.6) is 11.5 Å². The minimum absolute atomic E-state index is 0. The Hall–Kier alpha value is -1.06. The van der Waals surface area contributed by atoms with Crippen LogP contribution in [0.25, 0.3) is 0 Å². The van der Waals surface area contributed by atoms with Crippen LogP contribution >= 0.6 is 15.6 Å². The van der Waals surface area contributed by atoms with E-state index in [9.17, 15) is 28.7 Å². The summed E-state index contributed by atoms with van der Waals surface area (Å²) in [4.78, 5) is 39.7. The summed E-state index contributed by atoms with van der Waals surface area (Å²) < 4.78 is 35.3. The Morgan fingerprint density at radius 3 is 1.02 bits per heavy atom. The second-order valence-electron chi connectivity index (χ2n) is 14.8. The summed E-state index contributed by atoms with van der Waals surface area (Å²) in [5, 5.41) is 0. The first-order valence-corrected chi connectivity index (χ1v) is 16.5. The SMILES string of the molecule is CC(c1cc(C(C)(C)C)cc(C(C)(C)C)c1OP(=O)(O)O)c1cc(C(C)(C)C)cc(C(C)(C)C)c1OP(=O)(O)O.[LiH]. The Labute approximate surface area is 258 Å². The average Bonchev–Trinajstić information content (AvgIpc) is 2.67. The van der Waals surface area contributed by atoms with Crippen molar-refractivity contribution < 1.29 is 37.8 Å². The molecule has 4 N–H and O–H groups in total. The van der Waals surface area contributed by atoms with Crippen LogP contribution in [0.15, 0.2) is 24.3 Å². The van der Waals surface area contributed by atoms with E-state index < -0.39 is 32.4 Å². The second-order valence-corrected chi connectivity index (χ2v) is 17.1. The monoisotopic (exact) mass is 606 g/mol. The molecule has 0 aliphatic carbocycles. The van der Waals surface area contributed by atoms with E-state index in [1.165, 1.54) is 0 Å². The fourth-order valence-corrected chi connectivity index (χ4v) is 5.42. The van der Waals surface area contributed by atoms with Gasteiger partial charge in [0.15, 0.2) is 0 Å². The standard InChI is InChI=1S/C30H48O8P2.Li.H/c1-18(21-14-19(27(2,3)4)16-23(29(8,9)10)25(21)37-39(31,32)33)22-15-20(28(5,6)7)17-24(30(11,12)13)26(22)38-40(34,35)36;;/h14-18H,1-13H3,(H2,31,32,33)(H2,34,35,36);;. The van der Waals surface area contributed by atoms with Crippen molar-refractivity contribution in [1.29, 1.82) is 0 Å². The van der Waals surface area contributed by atoms with Gasteiger partial charge in [-0.3, -0.25) is 19.6 Å². The molecule has 8 nitrogen and oxygen atoms in total. The molecule has 0 bridgehead atoms. The fraction of sp³-hybridized carbons (Fsp3) is 0.600. The molecule has 11 heteroatoms. The van der Waals surface area contributed by atoms with Crippen molar-refractivity contribution in [2.24, 2.45) is 0 Å². The second kappa shape index (κ2) is 12.1. The Morgan fingerprint density at radius 1 is 0.561 bits per heavy atom. The summed E-state index contributed by atoms with van der Waals surface area (Å²) in [6, 6.07) is 7.57. The number of phosphoric acid groups is 2. The third-order valence-electron chi connectivity index (χ3n) is 6.94. The molecule has 2 aromatic rings. The maximum absolute atomic E-state index is 12.2. The Morgan fingerprint density at radius 2 is 0.829 bits per heavy atom. The molecular weight excluding hydrogens is 557 g/mol. The van der Waals surface area contributed by atoms with Crippen molar-refractivity contribution in [1.82, 2.24) is 0 Å². The van der Waals surface area contributed by atoms with E-state index >= 15 is 0 Å². The van der Waals surface area contributed by atoms with Gasteiger partial charge in [0.05, 0.1) is 0 Å². The van der Waals surface area contributed by atoms with Gasteiger partial charge in [-0.25, -0.2) is 9.13 Å². The molecule has 0 aliphatic rings. The third-order valence-corrected chi connectivity index (χ3v) is 7.78. The van der Waals surface area contributed by atoms with E-state index in [1.807, 2.05) is 114 Å². The van der Waals surface area contributed by atoms with Gasteiger partial charge in [-0.15, -0.1) is 0 Å². The molecule has 2 rings (SSSR count). The van der Waals surface area contributed by atoms with Crippen LogP contribution < -0.4 is 9.05 Å². The van der Waals surface area contributed by atoms with Gasteiger partial charge < -0.3 is 9.05 Å². The molecule has 0 radical (unpaired) electrons. The first-order valence-electron chi connectivity index (χ1n) is 13.4. The van der Waals surface area contributed by atoms with Gasteiger partial charge in [0.1, 0.15) is 11.5 Å². The predicted molar refractivity (Wildman–Crippen MR) is 168 cm³/mol. The molecule has 0 unspecified atom stereocenters. The molecule has 0 aliphatic heterocycles. The Kier molecular flexibility index (Phi) is 11.2. The quantitative estimate of drug-likeness (QED) is 0.199. The number of benzene rings is 2. The fourth-order valence-electron chi connectivity index (χ4n) is 4.54. The molecule has 0 saturated heterocycles. The van der Waals surface area contributed by atoms with Crippen molar-refractivity contribution in [3.63, 3.8) is 0 Å². The van der Waals surface area contributed by atoms with Gasteiger partial charge >= 0.3 is 34.5 Å². The van der Waals surface area contributed by atoms with Gasteiger partial charge in [0.2, 0.25) is 0 Å². The van der Waals surface area contributed by atoms with Crippen LogP contribution in [0.2, 0.25) is 0 Å². The number of hydrogen-bond donors (Lipinski definition) is 4. The first kappa shape index (κ1) is 38.0. The van der Waals surface area contributed by atoms with E-state index in [1.54, 1.807) is 0 Å². The Balaban J connectivity index is 0.00000840. The molecule has 0 atom stereocenters. The normalized spacial score (nSPS) is 13.7. The van der Waals surface area contributed by atoms with Crippen LogP contribution in [0.1, 0.15) is 129 Å². The summed E-state index contributed by atoms with van der Waals surface area (Å²) in [5.74, 6) is -0.515. The molecule has 0 saturated carbocycles. The molecule has 0 fully saturated rings. The topological polar surface area (TPSA) is 134 Å². The van der Waals surface area contributed by atoms with Crippen LogP contribution in [-0.4, -0.2) is 38.4 Å². The molecule has 0 aromatic heterocycles. The van der Waals surface area contributed by atoms with Gasteiger partial charge in [-0.1, -0.05) is 114 Å². The van der Waals surface area contributed by atoms with Crippen LogP contribution in [0.3, 0.4) is 0 Å². The van der Waals surface area contributed by atoms with Crippen molar-refractivity contribution in [3.8, 4) is 11.5 Å². The molecule has 228 valence electrons. The van der Waals surface area contributed by atoms with Crippen LogP contribution in [-0.2, 0) is 30.8 Å². The molecule has 0 amide bonds. The molecule has 0 spiro atoms. The van der Waals surface area contributed by atoms with Crippen molar-refractivity contribution in [3.05, 3.63) is 57.6 Å². The van der Waals surface area contributed by atoms with E-state index in [0.717, 1.165) is 11.1 Å². The number of phosphoric ester groups is 2. The molecule has 2 aromatic carbocycles. The first-order chi connectivity index (χ1) is 17.5. The van der Waals surface area contributed by atoms with Gasteiger partial charge in [-0.2, -0.15) is 0 Å². The van der Waals surface area contributed by atoms with Gasteiger partial charge in [0, 0.05) is 28.2 Å². The summed E-state index contributed by atoms with van der Waals surface area (Å²) >= 11 is 0. The molecular formula is C30H49LiO8P2. The molecule has 41 heavy (non-hydrogen) atoms. The minimum atomic E-state index is -4.97. The Bertz CT molecular complexity index is 1240. The van der Waals surface area contributed by atoms with E-state index in [2.05, 4.69) is 0 Å². The van der Waals surface area contributed by atoms with Crippen LogP contribution in [0.4, 0.5) is 0 Å². The third kappa shape index (κ3) is 9.99. The maximum atomic E-state index is 12.2.